The number of hydrogen-bond acceptors (Lipinski definition) is 3. The Morgan fingerprint density at radius 1 is 0.808 bits per heavy atom. The molecule has 1 heterocycles. The molecule has 3 N–H and O–H groups in total. The lowest BCUT2D eigenvalue weighted by Crippen LogP contribution is -1.93. The van der Waals surface area contributed by atoms with E-state index in [0.717, 1.165) is 33.5 Å². The Hall–Kier alpha value is -2.46. The van der Waals surface area contributed by atoms with Crippen LogP contribution in [0.5, 0.6) is 0 Å². The second-order valence-electron chi connectivity index (χ2n) is 5.91. The van der Waals surface area contributed by atoms with Crippen LogP contribution >= 0.6 is 23.2 Å². The maximum atomic E-state index is 6.19. The molecule has 1 aromatic heterocycles. The molecular weight excluding hydrogens is 365 g/mol. The van der Waals surface area contributed by atoms with Gasteiger partial charge in [-0.3, -0.25) is 0 Å². The second-order valence-corrected chi connectivity index (χ2v) is 6.79. The number of benzene rings is 3. The van der Waals surface area contributed by atoms with Gasteiger partial charge in [0.15, 0.2) is 0 Å². The van der Waals surface area contributed by atoms with Gasteiger partial charge in [-0.15, -0.1) is 0 Å². The first-order valence-electron chi connectivity index (χ1n) is 7.92. The minimum absolute atomic E-state index is 0. The van der Waals surface area contributed by atoms with E-state index in [4.69, 9.17) is 23.2 Å². The van der Waals surface area contributed by atoms with E-state index in [1.807, 2.05) is 48.7 Å². The monoisotopic (exact) mass is 381 g/mol. The van der Waals surface area contributed by atoms with Crippen LogP contribution in [0.25, 0.3) is 22.0 Å². The normalized spacial score (nSPS) is 10.5. The third-order valence-corrected chi connectivity index (χ3v) is 4.63. The van der Waals surface area contributed by atoms with Gasteiger partial charge in [0.25, 0.3) is 0 Å². The number of rotatable bonds is 3. The van der Waals surface area contributed by atoms with Crippen LogP contribution in [0.2, 0.25) is 10.0 Å². The standard InChI is InChI=1S/C21H14Cl2N2.H3N/c22-17-6-4-14(5-7-17)8-15-9-19(16-2-1-3-18(23)11-16)20-12-24-13-25-21(20)10-15;/h1-7,9-13H,8H2;1H3. The molecule has 0 radical (unpaired) electrons. The number of aromatic nitrogens is 2. The molecule has 4 aromatic rings. The van der Waals surface area contributed by atoms with Gasteiger partial charge in [-0.2, -0.15) is 0 Å². The first-order chi connectivity index (χ1) is 12.2. The van der Waals surface area contributed by atoms with Gasteiger partial charge >= 0.3 is 0 Å². The van der Waals surface area contributed by atoms with Gasteiger partial charge in [0.2, 0.25) is 0 Å². The van der Waals surface area contributed by atoms with Gasteiger partial charge in [0.05, 0.1) is 5.52 Å². The van der Waals surface area contributed by atoms with E-state index in [1.54, 1.807) is 6.33 Å². The summed E-state index contributed by atoms with van der Waals surface area (Å²) < 4.78 is 0. The predicted octanol–water partition coefficient (Wildman–Crippen LogP) is 6.36. The Labute approximate surface area is 162 Å². The Morgan fingerprint density at radius 3 is 2.38 bits per heavy atom. The van der Waals surface area contributed by atoms with Crippen LogP contribution in [0.3, 0.4) is 0 Å². The zero-order valence-electron chi connectivity index (χ0n) is 14.0. The van der Waals surface area contributed by atoms with Crippen LogP contribution in [0.4, 0.5) is 0 Å². The highest BCUT2D eigenvalue weighted by Gasteiger charge is 2.09. The smallest absolute Gasteiger partial charge is 0.116 e. The molecule has 0 amide bonds. The number of halogens is 2. The van der Waals surface area contributed by atoms with Crippen molar-refractivity contribution in [1.82, 2.24) is 16.1 Å². The highest BCUT2D eigenvalue weighted by molar-refractivity contribution is 6.31. The molecule has 0 saturated heterocycles. The zero-order valence-corrected chi connectivity index (χ0v) is 15.5. The van der Waals surface area contributed by atoms with Crippen LogP contribution in [-0.4, -0.2) is 9.97 Å². The van der Waals surface area contributed by atoms with E-state index in [1.165, 1.54) is 11.1 Å². The van der Waals surface area contributed by atoms with Crippen molar-refractivity contribution in [3.8, 4) is 11.1 Å². The molecule has 0 aliphatic heterocycles. The molecule has 0 aliphatic carbocycles. The third-order valence-electron chi connectivity index (χ3n) is 4.14. The van der Waals surface area contributed by atoms with Gasteiger partial charge < -0.3 is 6.15 Å². The first kappa shape index (κ1) is 18.3. The third kappa shape index (κ3) is 3.86. The summed E-state index contributed by atoms with van der Waals surface area (Å²) in [5.74, 6) is 0. The van der Waals surface area contributed by atoms with E-state index < -0.39 is 0 Å². The maximum Gasteiger partial charge on any atom is 0.116 e. The average Bonchev–Trinajstić information content (AvgIpc) is 2.63. The maximum absolute atomic E-state index is 6.19. The molecule has 0 aliphatic rings. The summed E-state index contributed by atoms with van der Waals surface area (Å²) in [6.07, 6.45) is 4.24. The summed E-state index contributed by atoms with van der Waals surface area (Å²) in [4.78, 5) is 8.63. The van der Waals surface area contributed by atoms with E-state index >= 15 is 0 Å². The van der Waals surface area contributed by atoms with Crippen molar-refractivity contribution in [2.45, 2.75) is 6.42 Å². The lowest BCUT2D eigenvalue weighted by atomic mass is 9.96. The SMILES string of the molecule is Clc1ccc(Cc2cc(-c3cccc(Cl)c3)c3cncnc3c2)cc1.N. The van der Waals surface area contributed by atoms with Crippen molar-refractivity contribution in [3.05, 3.63) is 94.4 Å². The largest absolute Gasteiger partial charge is 0.344 e. The molecule has 130 valence electrons. The summed E-state index contributed by atoms with van der Waals surface area (Å²) in [5, 5.41) is 2.48. The van der Waals surface area contributed by atoms with E-state index in [2.05, 4.69) is 28.2 Å². The highest BCUT2D eigenvalue weighted by atomic mass is 35.5. The van der Waals surface area contributed by atoms with Crippen molar-refractivity contribution < 1.29 is 0 Å². The van der Waals surface area contributed by atoms with Gasteiger partial charge in [-0.25, -0.2) is 9.97 Å². The minimum atomic E-state index is 0. The lowest BCUT2D eigenvalue weighted by molar-refractivity contribution is 1.18. The fourth-order valence-corrected chi connectivity index (χ4v) is 3.29. The molecule has 0 fully saturated rings. The van der Waals surface area contributed by atoms with Crippen LogP contribution in [0, 0.1) is 0 Å². The molecule has 3 aromatic carbocycles. The number of hydrogen-bond donors (Lipinski definition) is 1. The molecule has 3 nitrogen and oxygen atoms in total. The summed E-state index contributed by atoms with van der Waals surface area (Å²) in [6, 6.07) is 20.1. The highest BCUT2D eigenvalue weighted by Crippen LogP contribution is 2.31. The number of nitrogens with zero attached hydrogens (tertiary/aromatic N) is 2. The van der Waals surface area contributed by atoms with Gasteiger partial charge in [-0.05, 0) is 59.0 Å². The van der Waals surface area contributed by atoms with E-state index in [-0.39, 0.29) is 6.15 Å². The zero-order chi connectivity index (χ0) is 17.2. The average molecular weight is 382 g/mol. The van der Waals surface area contributed by atoms with Crippen LogP contribution in [0.15, 0.2) is 73.2 Å². The second kappa shape index (κ2) is 7.83. The fraction of sp³-hybridized carbons (Fsp3) is 0.0476. The van der Waals surface area contributed by atoms with Crippen LogP contribution < -0.4 is 6.15 Å². The van der Waals surface area contributed by atoms with Gasteiger partial charge in [0, 0.05) is 21.6 Å². The molecule has 26 heavy (non-hydrogen) atoms. The van der Waals surface area contributed by atoms with Gasteiger partial charge in [0.1, 0.15) is 6.33 Å². The quantitative estimate of drug-likeness (QED) is 0.449. The molecule has 4 rings (SSSR count). The minimum Gasteiger partial charge on any atom is -0.344 e. The Bertz CT molecular complexity index is 1050. The van der Waals surface area contributed by atoms with Crippen molar-refractivity contribution in [1.29, 1.82) is 0 Å². The fourth-order valence-electron chi connectivity index (χ4n) is 2.98. The van der Waals surface area contributed by atoms with Crippen molar-refractivity contribution in [2.75, 3.05) is 0 Å². The first-order valence-corrected chi connectivity index (χ1v) is 8.68. The van der Waals surface area contributed by atoms with Crippen LogP contribution in [-0.2, 0) is 6.42 Å². The molecule has 0 atom stereocenters. The molecule has 0 unspecified atom stereocenters. The van der Waals surface area contributed by atoms with Crippen LogP contribution in [0.1, 0.15) is 11.1 Å². The number of fused-ring (bicyclic) bond motifs is 1. The topological polar surface area (TPSA) is 60.8 Å². The summed E-state index contributed by atoms with van der Waals surface area (Å²) in [5.41, 5.74) is 5.46. The summed E-state index contributed by atoms with van der Waals surface area (Å²) in [6.45, 7) is 0. The molecule has 5 heteroatoms. The van der Waals surface area contributed by atoms with Gasteiger partial charge in [-0.1, -0.05) is 53.5 Å². The Kier molecular flexibility index (Phi) is 5.52. The van der Waals surface area contributed by atoms with E-state index in [0.29, 0.717) is 5.02 Å². The van der Waals surface area contributed by atoms with Crippen molar-refractivity contribution in [2.24, 2.45) is 0 Å². The predicted molar refractivity (Wildman–Crippen MR) is 109 cm³/mol. The summed E-state index contributed by atoms with van der Waals surface area (Å²) >= 11 is 12.2. The molecule has 0 bridgehead atoms. The Balaban J connectivity index is 0.00000196. The van der Waals surface area contributed by atoms with Crippen molar-refractivity contribution in [3.63, 3.8) is 0 Å². The molecule has 0 saturated carbocycles. The molecule has 0 spiro atoms. The van der Waals surface area contributed by atoms with E-state index in [9.17, 15) is 0 Å². The summed E-state index contributed by atoms with van der Waals surface area (Å²) in [7, 11) is 0. The molecular formula is C21H17Cl2N3. The van der Waals surface area contributed by atoms with Crippen molar-refractivity contribution >= 4 is 34.1 Å². The lowest BCUT2D eigenvalue weighted by Gasteiger charge is -2.10. The Morgan fingerprint density at radius 2 is 1.62 bits per heavy atom.